The third kappa shape index (κ3) is 3.95. The summed E-state index contributed by atoms with van der Waals surface area (Å²) in [5, 5.41) is 22.4. The van der Waals surface area contributed by atoms with E-state index in [1.54, 1.807) is 18.3 Å². The van der Waals surface area contributed by atoms with E-state index >= 15 is 0 Å². The fourth-order valence-electron chi connectivity index (χ4n) is 3.64. The second-order valence-electron chi connectivity index (χ2n) is 7.22. The number of nitro groups is 1. The van der Waals surface area contributed by atoms with Gasteiger partial charge in [-0.15, -0.1) is 0 Å². The Labute approximate surface area is 194 Å². The van der Waals surface area contributed by atoms with Crippen LogP contribution in [-0.2, 0) is 0 Å². The van der Waals surface area contributed by atoms with E-state index in [1.807, 2.05) is 54.6 Å². The standard InChI is InChI=1S/C25H21BrN3O2P/c26-32(23-10-4-1-5-11-23,24-12-6-2-7-13-24,25-14-8-3-9-15-25)28-27-20-21-16-18-22(19-17-21)29(30)31/h1-20,28H. The molecule has 0 bridgehead atoms. The van der Waals surface area contributed by atoms with Gasteiger partial charge in [0.2, 0.25) is 0 Å². The van der Waals surface area contributed by atoms with Gasteiger partial charge in [0.1, 0.15) is 0 Å². The van der Waals surface area contributed by atoms with Gasteiger partial charge in [0.25, 0.3) is 0 Å². The second-order valence-corrected chi connectivity index (χ2v) is 15.2. The molecular weight excluding hydrogens is 485 g/mol. The van der Waals surface area contributed by atoms with Gasteiger partial charge in [-0.1, -0.05) is 0 Å². The molecule has 0 heterocycles. The van der Waals surface area contributed by atoms with Gasteiger partial charge in [-0.2, -0.15) is 0 Å². The number of halogens is 1. The van der Waals surface area contributed by atoms with Gasteiger partial charge in [-0.25, -0.2) is 0 Å². The molecule has 0 aliphatic carbocycles. The van der Waals surface area contributed by atoms with Gasteiger partial charge in [0.05, 0.1) is 0 Å². The van der Waals surface area contributed by atoms with E-state index in [9.17, 15) is 10.1 Å². The number of nitrogens with one attached hydrogen (secondary N) is 1. The molecule has 0 unspecified atom stereocenters. The first-order valence-electron chi connectivity index (χ1n) is 9.98. The number of hydrazone groups is 1. The predicted molar refractivity (Wildman–Crippen MR) is 138 cm³/mol. The topological polar surface area (TPSA) is 67.5 Å². The van der Waals surface area contributed by atoms with Crippen molar-refractivity contribution in [2.75, 3.05) is 0 Å². The summed E-state index contributed by atoms with van der Waals surface area (Å²) < 4.78 is 0. The van der Waals surface area contributed by atoms with Crippen LogP contribution in [0.25, 0.3) is 0 Å². The monoisotopic (exact) mass is 505 g/mol. The summed E-state index contributed by atoms with van der Waals surface area (Å²) in [5.41, 5.74) is -2.56. The summed E-state index contributed by atoms with van der Waals surface area (Å²) in [6.45, 7) is 0. The summed E-state index contributed by atoms with van der Waals surface area (Å²) in [5.74, 6) is 0. The van der Waals surface area contributed by atoms with Crippen molar-refractivity contribution >= 4 is 48.8 Å². The maximum absolute atomic E-state index is 10.9. The Morgan fingerprint density at radius 1 is 0.719 bits per heavy atom. The van der Waals surface area contributed by atoms with Crippen molar-refractivity contribution in [1.82, 2.24) is 5.20 Å². The molecule has 32 heavy (non-hydrogen) atoms. The first-order chi connectivity index (χ1) is 15.5. The van der Waals surface area contributed by atoms with Crippen molar-refractivity contribution in [1.29, 1.82) is 0 Å². The molecule has 0 saturated heterocycles. The van der Waals surface area contributed by atoms with E-state index in [4.69, 9.17) is 0 Å². The summed E-state index contributed by atoms with van der Waals surface area (Å²) in [7, 11) is 0. The van der Waals surface area contributed by atoms with Crippen molar-refractivity contribution in [2.45, 2.75) is 0 Å². The molecule has 4 aromatic carbocycles. The zero-order valence-corrected chi connectivity index (χ0v) is 19.6. The Morgan fingerprint density at radius 2 is 1.12 bits per heavy atom. The van der Waals surface area contributed by atoms with E-state index in [2.05, 4.69) is 62.2 Å². The second kappa shape index (κ2) is 9.03. The third-order valence-corrected chi connectivity index (χ3v) is 13.7. The number of benzene rings is 4. The van der Waals surface area contributed by atoms with Crippen LogP contribution in [-0.4, -0.2) is 11.1 Å². The summed E-state index contributed by atoms with van der Waals surface area (Å²) >= 11 is 4.24. The van der Waals surface area contributed by atoms with Crippen LogP contribution in [0, 0.1) is 10.1 Å². The first-order valence-corrected chi connectivity index (χ1v) is 14.2. The van der Waals surface area contributed by atoms with E-state index in [0.29, 0.717) is 0 Å². The summed E-state index contributed by atoms with van der Waals surface area (Å²) in [4.78, 5) is 10.5. The average molecular weight is 506 g/mol. The van der Waals surface area contributed by atoms with Crippen molar-refractivity contribution in [3.63, 3.8) is 0 Å². The molecule has 0 atom stereocenters. The molecule has 0 fully saturated rings. The molecule has 0 saturated carbocycles. The van der Waals surface area contributed by atoms with E-state index in [0.717, 1.165) is 21.5 Å². The van der Waals surface area contributed by atoms with Gasteiger partial charge in [-0.05, 0) is 0 Å². The molecule has 160 valence electrons. The zero-order chi connectivity index (χ0) is 22.5. The summed E-state index contributed by atoms with van der Waals surface area (Å²) in [6.07, 6.45) is 1.68. The number of nitro benzene ring substituents is 1. The van der Waals surface area contributed by atoms with Crippen LogP contribution in [0.15, 0.2) is 120 Å². The van der Waals surface area contributed by atoms with Gasteiger partial charge in [0, 0.05) is 0 Å². The van der Waals surface area contributed by atoms with Crippen molar-refractivity contribution in [3.05, 3.63) is 131 Å². The molecular formula is C25H21BrN3O2P. The van der Waals surface area contributed by atoms with Crippen LogP contribution in [0.1, 0.15) is 5.56 Å². The predicted octanol–water partition coefficient (Wildman–Crippen LogP) is 5.27. The van der Waals surface area contributed by atoms with E-state index in [1.165, 1.54) is 12.1 Å². The van der Waals surface area contributed by atoms with Crippen LogP contribution < -0.4 is 21.1 Å². The van der Waals surface area contributed by atoms with Crippen LogP contribution in [0.5, 0.6) is 0 Å². The first kappa shape index (κ1) is 21.9. The maximum atomic E-state index is 10.9. The molecule has 0 radical (unpaired) electrons. The molecule has 1 N–H and O–H groups in total. The van der Waals surface area contributed by atoms with Gasteiger partial charge in [-0.3, -0.25) is 0 Å². The molecule has 0 aromatic heterocycles. The van der Waals surface area contributed by atoms with Gasteiger partial charge in [0.15, 0.2) is 0 Å². The SMILES string of the molecule is O=[N+]([O-])c1ccc(C=NNP(Br)(c2ccccc2)(c2ccccc2)c2ccccc2)cc1. The van der Waals surface area contributed by atoms with E-state index < -0.39 is 10.4 Å². The minimum atomic E-state index is -3.36. The molecule has 4 aromatic rings. The minimum absolute atomic E-state index is 0.0492. The normalized spacial score (nSPS) is 12.7. The Bertz CT molecular complexity index is 1140. The molecule has 4 rings (SSSR count). The van der Waals surface area contributed by atoms with Crippen LogP contribution >= 0.6 is 20.9 Å². The zero-order valence-electron chi connectivity index (χ0n) is 17.1. The molecule has 5 nitrogen and oxygen atoms in total. The van der Waals surface area contributed by atoms with Crippen molar-refractivity contribution in [2.24, 2.45) is 5.10 Å². The van der Waals surface area contributed by atoms with Gasteiger partial charge < -0.3 is 0 Å². The Morgan fingerprint density at radius 3 is 1.50 bits per heavy atom. The Balaban J connectivity index is 1.87. The fraction of sp³-hybridized carbons (Fsp3) is 0. The molecule has 0 aliphatic heterocycles. The molecule has 7 heteroatoms. The average Bonchev–Trinajstić information content (AvgIpc) is 2.86. The van der Waals surface area contributed by atoms with Crippen molar-refractivity contribution in [3.8, 4) is 0 Å². The van der Waals surface area contributed by atoms with E-state index in [-0.39, 0.29) is 5.69 Å². The number of hydrogen-bond acceptors (Lipinski definition) is 4. The number of rotatable bonds is 7. The Kier molecular flexibility index (Phi) is 6.17. The molecule has 0 spiro atoms. The summed E-state index contributed by atoms with van der Waals surface area (Å²) in [6, 6.07) is 37.0. The van der Waals surface area contributed by atoms with Crippen LogP contribution in [0.4, 0.5) is 5.69 Å². The molecule has 0 aliphatic rings. The Hall–Kier alpha value is -3.34. The molecule has 0 amide bonds. The van der Waals surface area contributed by atoms with Crippen molar-refractivity contribution < 1.29 is 4.92 Å². The van der Waals surface area contributed by atoms with Crippen LogP contribution in [0.2, 0.25) is 0 Å². The fourth-order valence-corrected chi connectivity index (χ4v) is 9.75. The quantitative estimate of drug-likeness (QED) is 0.161. The number of non-ortho nitro benzene ring substituents is 1. The third-order valence-electron chi connectivity index (χ3n) is 5.29. The number of hydrogen-bond donors (Lipinski definition) is 1. The van der Waals surface area contributed by atoms with Gasteiger partial charge >= 0.3 is 195 Å². The number of nitrogens with zero attached hydrogens (tertiary/aromatic N) is 2. The van der Waals surface area contributed by atoms with Crippen LogP contribution in [0.3, 0.4) is 0 Å².